The first-order valence-electron chi connectivity index (χ1n) is 10.4. The number of halogens is 3. The number of carbonyl (C=O) groups excluding carboxylic acids is 3. The lowest BCUT2D eigenvalue weighted by molar-refractivity contribution is -0.174. The van der Waals surface area contributed by atoms with Gasteiger partial charge in [-0.15, -0.1) is 0 Å². The molecule has 1 aliphatic carbocycles. The topological polar surface area (TPSA) is 94.2 Å². The molecule has 0 aromatic carbocycles. The maximum Gasteiger partial charge on any atom is 0.471 e. The van der Waals surface area contributed by atoms with Crippen molar-refractivity contribution in [3.05, 3.63) is 0 Å². The van der Waals surface area contributed by atoms with Gasteiger partial charge < -0.3 is 24.4 Å². The summed E-state index contributed by atoms with van der Waals surface area (Å²) < 4.78 is 53.9. The summed E-state index contributed by atoms with van der Waals surface area (Å²) in [5, 5.41) is 1.94. The van der Waals surface area contributed by atoms with Crippen molar-refractivity contribution in [1.29, 1.82) is 0 Å². The van der Waals surface area contributed by atoms with Crippen molar-refractivity contribution in [2.45, 2.75) is 82.8 Å². The lowest BCUT2D eigenvalue weighted by atomic mass is 9.87. The molecule has 31 heavy (non-hydrogen) atoms. The van der Waals surface area contributed by atoms with Crippen LogP contribution in [0.15, 0.2) is 0 Å². The third-order valence-corrected chi connectivity index (χ3v) is 5.37. The van der Waals surface area contributed by atoms with Crippen LogP contribution in [0.4, 0.5) is 18.0 Å². The highest BCUT2D eigenvalue weighted by atomic mass is 19.4. The number of esters is 1. The van der Waals surface area contributed by atoms with Gasteiger partial charge in [-0.2, -0.15) is 13.2 Å². The van der Waals surface area contributed by atoms with Crippen LogP contribution in [-0.4, -0.2) is 73.1 Å². The lowest BCUT2D eigenvalue weighted by Gasteiger charge is -2.31. The van der Waals surface area contributed by atoms with Crippen molar-refractivity contribution in [2.24, 2.45) is 5.92 Å². The molecule has 0 aromatic heterocycles. The molecule has 1 N–H and O–H groups in total. The Bertz CT molecular complexity index is 656. The molecule has 0 radical (unpaired) electrons. The zero-order valence-corrected chi connectivity index (χ0v) is 18.3. The van der Waals surface area contributed by atoms with Gasteiger partial charge in [0.05, 0.1) is 31.8 Å². The van der Waals surface area contributed by atoms with Gasteiger partial charge in [-0.3, -0.25) is 9.59 Å². The van der Waals surface area contributed by atoms with Crippen LogP contribution in [0.3, 0.4) is 0 Å². The molecule has 1 heterocycles. The Balaban J connectivity index is 1.96. The lowest BCUT2D eigenvalue weighted by Crippen LogP contribution is -2.45. The normalized spacial score (nSPS) is 27.0. The van der Waals surface area contributed by atoms with Gasteiger partial charge in [0.15, 0.2) is 0 Å². The molecule has 1 saturated carbocycles. The molecule has 0 spiro atoms. The van der Waals surface area contributed by atoms with Crippen LogP contribution >= 0.6 is 0 Å². The van der Waals surface area contributed by atoms with Crippen LogP contribution < -0.4 is 5.32 Å². The Morgan fingerprint density at radius 1 is 1.06 bits per heavy atom. The van der Waals surface area contributed by atoms with Crippen LogP contribution in [0.25, 0.3) is 0 Å². The number of likely N-dealkylation sites (tertiary alicyclic amines) is 1. The van der Waals surface area contributed by atoms with Crippen molar-refractivity contribution in [2.75, 3.05) is 20.3 Å². The number of alkyl halides is 3. The third-order valence-electron chi connectivity index (χ3n) is 5.37. The molecule has 1 saturated heterocycles. The van der Waals surface area contributed by atoms with E-state index in [1.54, 1.807) is 20.8 Å². The summed E-state index contributed by atoms with van der Waals surface area (Å²) in [5.41, 5.74) is -0.776. The fourth-order valence-corrected chi connectivity index (χ4v) is 3.87. The van der Waals surface area contributed by atoms with Crippen molar-refractivity contribution < 1.29 is 41.8 Å². The van der Waals surface area contributed by atoms with Crippen molar-refractivity contribution in [3.63, 3.8) is 0 Å². The van der Waals surface area contributed by atoms with E-state index in [0.717, 1.165) is 0 Å². The Hall–Kier alpha value is -2.04. The van der Waals surface area contributed by atoms with E-state index >= 15 is 0 Å². The molecule has 2 amide bonds. The standard InChI is InChI=1S/C20H31F3N2O6/c1-19(2,3)31-18(28)25-10-13(24-17(27)20(21,22)23)9-14(25)11-30-15-7-5-12(6-8-15)16(26)29-4/h12-15H,5-11H2,1-4H3,(H,24,27)/t12-,13-,14-,15-/m0/s1. The average Bonchev–Trinajstić information content (AvgIpc) is 3.07. The molecule has 0 unspecified atom stereocenters. The summed E-state index contributed by atoms with van der Waals surface area (Å²) in [6, 6.07) is -1.39. The van der Waals surface area contributed by atoms with Gasteiger partial charge >= 0.3 is 24.1 Å². The molecule has 178 valence electrons. The maximum absolute atomic E-state index is 12.6. The molecule has 2 aliphatic rings. The minimum Gasteiger partial charge on any atom is -0.469 e. The van der Waals surface area contributed by atoms with E-state index in [-0.39, 0.29) is 37.6 Å². The quantitative estimate of drug-likeness (QED) is 0.645. The van der Waals surface area contributed by atoms with Gasteiger partial charge in [0, 0.05) is 12.6 Å². The minimum atomic E-state index is -5.00. The van der Waals surface area contributed by atoms with Gasteiger partial charge in [-0.25, -0.2) is 4.79 Å². The SMILES string of the molecule is COC(=O)[C@H]1CC[C@H](OC[C@@H]2C[C@H](NC(=O)C(F)(F)F)CN2C(=O)OC(C)(C)C)CC1. The van der Waals surface area contributed by atoms with E-state index in [4.69, 9.17) is 14.2 Å². The van der Waals surface area contributed by atoms with E-state index in [0.29, 0.717) is 25.7 Å². The van der Waals surface area contributed by atoms with Crippen LogP contribution in [0.1, 0.15) is 52.9 Å². The summed E-state index contributed by atoms with van der Waals surface area (Å²) in [6.07, 6.45) is -3.11. The van der Waals surface area contributed by atoms with E-state index in [2.05, 4.69) is 0 Å². The van der Waals surface area contributed by atoms with Crippen LogP contribution in [0.2, 0.25) is 0 Å². The number of hydrogen-bond acceptors (Lipinski definition) is 6. The van der Waals surface area contributed by atoms with Crippen molar-refractivity contribution in [3.8, 4) is 0 Å². The van der Waals surface area contributed by atoms with Crippen LogP contribution in [0, 0.1) is 5.92 Å². The highest BCUT2D eigenvalue weighted by Gasteiger charge is 2.44. The van der Waals surface area contributed by atoms with E-state index in [1.807, 2.05) is 5.32 Å². The number of rotatable bonds is 5. The van der Waals surface area contributed by atoms with Gasteiger partial charge in [0.1, 0.15) is 5.60 Å². The maximum atomic E-state index is 12.6. The van der Waals surface area contributed by atoms with Crippen LogP contribution in [0.5, 0.6) is 0 Å². The van der Waals surface area contributed by atoms with E-state index in [1.165, 1.54) is 12.0 Å². The Kier molecular flexibility index (Phi) is 8.18. The number of nitrogens with zero attached hydrogens (tertiary/aromatic N) is 1. The largest absolute Gasteiger partial charge is 0.471 e. The minimum absolute atomic E-state index is 0.0974. The molecule has 0 aromatic rings. The molecule has 2 fully saturated rings. The van der Waals surface area contributed by atoms with Crippen molar-refractivity contribution in [1.82, 2.24) is 10.2 Å². The van der Waals surface area contributed by atoms with Gasteiger partial charge in [0.2, 0.25) is 0 Å². The Labute approximate surface area is 179 Å². The second-order valence-corrected chi connectivity index (χ2v) is 9.02. The molecule has 0 bridgehead atoms. The molecule has 8 nitrogen and oxygen atoms in total. The van der Waals surface area contributed by atoms with Crippen LogP contribution in [-0.2, 0) is 23.8 Å². The number of methoxy groups -OCH3 is 1. The molecule has 2 rings (SSSR count). The predicted octanol–water partition coefficient (Wildman–Crippen LogP) is 2.79. The summed E-state index contributed by atoms with van der Waals surface area (Å²) >= 11 is 0. The Morgan fingerprint density at radius 2 is 1.68 bits per heavy atom. The summed E-state index contributed by atoms with van der Waals surface area (Å²) in [7, 11) is 1.35. The summed E-state index contributed by atoms with van der Waals surface area (Å²) in [6.45, 7) is 5.07. The van der Waals surface area contributed by atoms with Crippen molar-refractivity contribution >= 4 is 18.0 Å². The average molecular weight is 452 g/mol. The highest BCUT2D eigenvalue weighted by Crippen LogP contribution is 2.29. The summed E-state index contributed by atoms with van der Waals surface area (Å²) in [4.78, 5) is 36.8. The van der Waals surface area contributed by atoms with E-state index < -0.39 is 35.9 Å². The van der Waals surface area contributed by atoms with E-state index in [9.17, 15) is 27.6 Å². The molecular weight excluding hydrogens is 421 g/mol. The molecular formula is C20H31F3N2O6. The number of carbonyl (C=O) groups is 3. The molecule has 2 atom stereocenters. The predicted molar refractivity (Wildman–Crippen MR) is 103 cm³/mol. The number of nitrogens with one attached hydrogen (secondary N) is 1. The smallest absolute Gasteiger partial charge is 0.469 e. The Morgan fingerprint density at radius 3 is 2.19 bits per heavy atom. The number of hydrogen-bond donors (Lipinski definition) is 1. The fraction of sp³-hybridized carbons (Fsp3) is 0.850. The number of ether oxygens (including phenoxy) is 3. The first kappa shape index (κ1) is 25.2. The third kappa shape index (κ3) is 7.55. The highest BCUT2D eigenvalue weighted by molar-refractivity contribution is 5.82. The second-order valence-electron chi connectivity index (χ2n) is 9.02. The summed E-state index contributed by atoms with van der Waals surface area (Å²) in [5.74, 6) is -2.44. The molecule has 11 heteroatoms. The zero-order valence-electron chi connectivity index (χ0n) is 18.3. The zero-order chi connectivity index (χ0) is 23.4. The fourth-order valence-electron chi connectivity index (χ4n) is 3.87. The number of amides is 2. The molecule has 1 aliphatic heterocycles. The van der Waals surface area contributed by atoms with Gasteiger partial charge in [-0.1, -0.05) is 0 Å². The monoisotopic (exact) mass is 452 g/mol. The van der Waals surface area contributed by atoms with Gasteiger partial charge in [0.25, 0.3) is 0 Å². The first-order valence-corrected chi connectivity index (χ1v) is 10.4. The first-order chi connectivity index (χ1) is 14.3. The van der Waals surface area contributed by atoms with Gasteiger partial charge in [-0.05, 0) is 52.9 Å². The second kappa shape index (κ2) is 10.1.